The second-order valence-corrected chi connectivity index (χ2v) is 5.96. The molecule has 3 aromatic rings. The molecule has 0 saturated heterocycles. The number of ether oxygens (including phenoxy) is 2. The summed E-state index contributed by atoms with van der Waals surface area (Å²) in [5, 5.41) is 14.1. The molecule has 1 aromatic heterocycles. The first kappa shape index (κ1) is 16.5. The van der Waals surface area contributed by atoms with Crippen molar-refractivity contribution in [3.05, 3.63) is 52.5 Å². The summed E-state index contributed by atoms with van der Waals surface area (Å²) < 4.78 is 17.3. The molecule has 0 saturated carbocycles. The molecule has 0 unspecified atom stereocenters. The minimum absolute atomic E-state index is 0.217. The highest BCUT2D eigenvalue weighted by molar-refractivity contribution is 9.10. The molecule has 24 heavy (non-hydrogen) atoms. The van der Waals surface area contributed by atoms with Crippen LogP contribution in [0.25, 0.3) is 22.6 Å². The maximum atomic E-state index is 9.90. The van der Waals surface area contributed by atoms with Crippen LogP contribution in [0, 0.1) is 0 Å². The zero-order chi connectivity index (χ0) is 17.1. The Morgan fingerprint density at radius 3 is 2.21 bits per heavy atom. The summed E-state index contributed by atoms with van der Waals surface area (Å²) in [5.74, 6) is 1.72. The molecule has 0 atom stereocenters. The molecule has 0 spiro atoms. The topological polar surface area (TPSA) is 64.7 Å². The van der Waals surface area contributed by atoms with Crippen molar-refractivity contribution < 1.29 is 19.1 Å². The van der Waals surface area contributed by atoms with Gasteiger partial charge in [0, 0.05) is 10.0 Å². The van der Waals surface area contributed by atoms with Crippen molar-refractivity contribution in [1.29, 1.82) is 0 Å². The van der Waals surface area contributed by atoms with Crippen molar-refractivity contribution in [1.82, 2.24) is 5.16 Å². The van der Waals surface area contributed by atoms with Crippen LogP contribution in [0.4, 0.5) is 0 Å². The zero-order valence-corrected chi connectivity index (χ0v) is 14.8. The number of halogens is 1. The predicted molar refractivity (Wildman–Crippen MR) is 94.1 cm³/mol. The number of hydrogen-bond acceptors (Lipinski definition) is 5. The minimum atomic E-state index is -0.217. The van der Waals surface area contributed by atoms with Crippen LogP contribution in [0.2, 0.25) is 0 Å². The van der Waals surface area contributed by atoms with Crippen LogP contribution in [0.5, 0.6) is 11.5 Å². The minimum Gasteiger partial charge on any atom is -0.496 e. The third kappa shape index (κ3) is 2.90. The van der Waals surface area contributed by atoms with Gasteiger partial charge in [0.25, 0.3) is 0 Å². The molecular weight excluding hydrogens is 374 g/mol. The van der Waals surface area contributed by atoms with Gasteiger partial charge >= 0.3 is 0 Å². The van der Waals surface area contributed by atoms with Crippen LogP contribution in [0.15, 0.2) is 51.5 Å². The van der Waals surface area contributed by atoms with E-state index in [0.29, 0.717) is 34.1 Å². The Bertz CT molecular complexity index is 820. The van der Waals surface area contributed by atoms with E-state index in [1.54, 1.807) is 14.2 Å². The van der Waals surface area contributed by atoms with Crippen molar-refractivity contribution >= 4 is 15.9 Å². The van der Waals surface area contributed by atoms with Crippen LogP contribution in [-0.4, -0.2) is 24.5 Å². The van der Waals surface area contributed by atoms with Gasteiger partial charge in [0.2, 0.25) is 0 Å². The highest BCUT2D eigenvalue weighted by Gasteiger charge is 2.23. The summed E-state index contributed by atoms with van der Waals surface area (Å²) in [6, 6.07) is 13.1. The Labute approximate surface area is 147 Å². The van der Waals surface area contributed by atoms with Crippen LogP contribution in [0.3, 0.4) is 0 Å². The van der Waals surface area contributed by atoms with Crippen LogP contribution < -0.4 is 9.47 Å². The SMILES string of the molecule is COc1cccc(OC)c1-c1noc(-c2ccc(Br)cc2)c1CO. The molecule has 0 radical (unpaired) electrons. The summed E-state index contributed by atoms with van der Waals surface area (Å²) >= 11 is 3.40. The highest BCUT2D eigenvalue weighted by Crippen LogP contribution is 2.42. The van der Waals surface area contributed by atoms with Gasteiger partial charge in [-0.15, -0.1) is 0 Å². The van der Waals surface area contributed by atoms with Crippen LogP contribution in [-0.2, 0) is 6.61 Å². The number of hydrogen-bond donors (Lipinski definition) is 1. The van der Waals surface area contributed by atoms with E-state index >= 15 is 0 Å². The van der Waals surface area contributed by atoms with Gasteiger partial charge in [-0.1, -0.05) is 39.3 Å². The second-order valence-electron chi connectivity index (χ2n) is 5.04. The molecule has 2 aromatic carbocycles. The lowest BCUT2D eigenvalue weighted by Crippen LogP contribution is -1.96. The van der Waals surface area contributed by atoms with Crippen molar-refractivity contribution in [2.45, 2.75) is 6.61 Å². The van der Waals surface area contributed by atoms with E-state index in [1.807, 2.05) is 42.5 Å². The van der Waals surface area contributed by atoms with E-state index in [9.17, 15) is 5.11 Å². The standard InChI is InChI=1S/C18H16BrNO4/c1-22-14-4-3-5-15(23-2)16(14)17-13(10-21)18(24-20-17)11-6-8-12(19)9-7-11/h3-9,21H,10H2,1-2H3. The van der Waals surface area contributed by atoms with E-state index in [2.05, 4.69) is 21.1 Å². The van der Waals surface area contributed by atoms with Gasteiger partial charge in [-0.2, -0.15) is 0 Å². The fourth-order valence-electron chi connectivity index (χ4n) is 2.57. The molecule has 3 rings (SSSR count). The lowest BCUT2D eigenvalue weighted by molar-refractivity contribution is 0.281. The Kier molecular flexibility index (Phi) is 4.87. The quantitative estimate of drug-likeness (QED) is 0.705. The molecule has 1 heterocycles. The molecule has 0 amide bonds. The monoisotopic (exact) mass is 389 g/mol. The van der Waals surface area contributed by atoms with Gasteiger partial charge in [0.05, 0.1) is 32.0 Å². The van der Waals surface area contributed by atoms with Crippen molar-refractivity contribution in [2.24, 2.45) is 0 Å². The van der Waals surface area contributed by atoms with Gasteiger partial charge < -0.3 is 19.1 Å². The number of aliphatic hydroxyl groups excluding tert-OH is 1. The number of rotatable bonds is 5. The fourth-order valence-corrected chi connectivity index (χ4v) is 2.83. The molecule has 0 bridgehead atoms. The third-order valence-corrected chi connectivity index (χ3v) is 4.25. The highest BCUT2D eigenvalue weighted by atomic mass is 79.9. The lowest BCUT2D eigenvalue weighted by Gasteiger charge is -2.11. The Morgan fingerprint density at radius 1 is 1.04 bits per heavy atom. The zero-order valence-electron chi connectivity index (χ0n) is 13.2. The van der Waals surface area contributed by atoms with E-state index in [-0.39, 0.29) is 6.61 Å². The van der Waals surface area contributed by atoms with E-state index in [0.717, 1.165) is 10.0 Å². The maximum absolute atomic E-state index is 9.90. The number of aromatic nitrogens is 1. The van der Waals surface area contributed by atoms with Gasteiger partial charge in [-0.25, -0.2) is 0 Å². The van der Waals surface area contributed by atoms with Crippen molar-refractivity contribution in [3.8, 4) is 34.1 Å². The summed E-state index contributed by atoms with van der Waals surface area (Å²) in [6.07, 6.45) is 0. The number of methoxy groups -OCH3 is 2. The molecule has 0 fully saturated rings. The molecule has 0 aliphatic heterocycles. The first-order valence-electron chi connectivity index (χ1n) is 7.26. The largest absolute Gasteiger partial charge is 0.496 e. The molecule has 1 N–H and O–H groups in total. The lowest BCUT2D eigenvalue weighted by atomic mass is 10.0. The predicted octanol–water partition coefficient (Wildman–Crippen LogP) is 4.28. The van der Waals surface area contributed by atoms with E-state index < -0.39 is 0 Å². The number of aliphatic hydroxyl groups is 1. The van der Waals surface area contributed by atoms with Crippen molar-refractivity contribution in [3.63, 3.8) is 0 Å². The first-order valence-corrected chi connectivity index (χ1v) is 8.05. The van der Waals surface area contributed by atoms with Gasteiger partial charge in [-0.05, 0) is 24.3 Å². The Balaban J connectivity index is 2.19. The summed E-state index contributed by atoms with van der Waals surface area (Å²) in [4.78, 5) is 0. The van der Waals surface area contributed by atoms with Crippen LogP contribution >= 0.6 is 15.9 Å². The third-order valence-electron chi connectivity index (χ3n) is 3.72. The Hall–Kier alpha value is -2.31. The number of nitrogens with zero attached hydrogens (tertiary/aromatic N) is 1. The molecular formula is C18H16BrNO4. The molecule has 5 nitrogen and oxygen atoms in total. The van der Waals surface area contributed by atoms with Gasteiger partial charge in [-0.3, -0.25) is 0 Å². The summed E-state index contributed by atoms with van der Waals surface area (Å²) in [7, 11) is 3.15. The normalized spacial score (nSPS) is 10.7. The van der Waals surface area contributed by atoms with E-state index in [4.69, 9.17) is 14.0 Å². The average Bonchev–Trinajstić information content (AvgIpc) is 3.05. The average molecular weight is 390 g/mol. The van der Waals surface area contributed by atoms with E-state index in [1.165, 1.54) is 0 Å². The van der Waals surface area contributed by atoms with Gasteiger partial charge in [0.1, 0.15) is 17.2 Å². The fraction of sp³-hybridized carbons (Fsp3) is 0.167. The van der Waals surface area contributed by atoms with Crippen LogP contribution in [0.1, 0.15) is 5.56 Å². The molecule has 0 aliphatic rings. The summed E-state index contributed by atoms with van der Waals surface area (Å²) in [6.45, 7) is -0.217. The molecule has 6 heteroatoms. The summed E-state index contributed by atoms with van der Waals surface area (Å²) in [5.41, 5.74) is 2.57. The Morgan fingerprint density at radius 2 is 1.67 bits per heavy atom. The first-order chi connectivity index (χ1) is 11.7. The van der Waals surface area contributed by atoms with Gasteiger partial charge in [0.15, 0.2) is 5.76 Å². The molecule has 0 aliphatic carbocycles. The van der Waals surface area contributed by atoms with Crippen molar-refractivity contribution in [2.75, 3.05) is 14.2 Å². The smallest absolute Gasteiger partial charge is 0.173 e. The molecule has 124 valence electrons. The number of benzene rings is 2. The second kappa shape index (κ2) is 7.07. The maximum Gasteiger partial charge on any atom is 0.173 e.